The fourth-order valence-corrected chi connectivity index (χ4v) is 5.21. The van der Waals surface area contributed by atoms with E-state index >= 15 is 0 Å². The Morgan fingerprint density at radius 3 is 3.10 bits per heavy atom. The van der Waals surface area contributed by atoms with Crippen LogP contribution in [0.15, 0.2) is 29.6 Å². The Bertz CT molecular complexity index is 695. The predicted molar refractivity (Wildman–Crippen MR) is 84.5 cm³/mol. The zero-order valence-electron chi connectivity index (χ0n) is 11.9. The van der Waals surface area contributed by atoms with Gasteiger partial charge in [0.1, 0.15) is 0 Å². The number of carboxylic acids is 1. The van der Waals surface area contributed by atoms with Crippen LogP contribution in [0.4, 0.5) is 0 Å². The number of hydrogen-bond acceptors (Lipinski definition) is 3. The highest BCUT2D eigenvalue weighted by Gasteiger charge is 2.54. The first kappa shape index (κ1) is 13.3. The maximum Gasteiger partial charge on any atom is 0.311 e. The molecule has 4 rings (SSSR count). The van der Waals surface area contributed by atoms with Gasteiger partial charge in [-0.05, 0) is 41.2 Å². The van der Waals surface area contributed by atoms with Gasteiger partial charge in [-0.15, -0.1) is 11.3 Å². The van der Waals surface area contributed by atoms with E-state index in [4.69, 9.17) is 0 Å². The monoisotopic (exact) mass is 301 g/mol. The van der Waals surface area contributed by atoms with Crippen LogP contribution in [0, 0.1) is 11.3 Å². The Kier molecular flexibility index (Phi) is 3.05. The number of hydrogen-bond donors (Lipinski definition) is 1. The summed E-state index contributed by atoms with van der Waals surface area (Å²) < 4.78 is 1.32. The van der Waals surface area contributed by atoms with Crippen molar-refractivity contribution < 1.29 is 9.90 Å². The number of carbonyl (C=O) groups is 1. The van der Waals surface area contributed by atoms with Gasteiger partial charge in [-0.2, -0.15) is 0 Å². The summed E-state index contributed by atoms with van der Waals surface area (Å²) in [5.74, 6) is -0.234. The molecule has 2 aliphatic rings. The minimum atomic E-state index is -0.581. The third-order valence-electron chi connectivity index (χ3n) is 5.32. The highest BCUT2D eigenvalue weighted by molar-refractivity contribution is 7.17. The number of nitrogens with zero attached hydrogens (tertiary/aromatic N) is 1. The van der Waals surface area contributed by atoms with Gasteiger partial charge >= 0.3 is 5.97 Å². The first-order valence-corrected chi connectivity index (χ1v) is 8.48. The van der Waals surface area contributed by atoms with Crippen molar-refractivity contribution in [2.45, 2.75) is 25.8 Å². The Labute approximate surface area is 128 Å². The maximum absolute atomic E-state index is 11.7. The minimum absolute atomic E-state index is 0.347. The van der Waals surface area contributed by atoms with Crippen molar-refractivity contribution in [3.63, 3.8) is 0 Å². The van der Waals surface area contributed by atoms with Gasteiger partial charge in [-0.3, -0.25) is 9.69 Å². The molecule has 2 heterocycles. The van der Waals surface area contributed by atoms with Crippen molar-refractivity contribution in [1.29, 1.82) is 0 Å². The van der Waals surface area contributed by atoms with Crippen molar-refractivity contribution in [2.24, 2.45) is 11.3 Å². The van der Waals surface area contributed by atoms with Gasteiger partial charge in [0, 0.05) is 24.3 Å². The average Bonchev–Trinajstić information content (AvgIpc) is 3.12. The summed E-state index contributed by atoms with van der Waals surface area (Å²) in [5.41, 5.74) is 0.877. The largest absolute Gasteiger partial charge is 0.481 e. The quantitative estimate of drug-likeness (QED) is 0.942. The summed E-state index contributed by atoms with van der Waals surface area (Å²) in [6, 6.07) is 8.48. The summed E-state index contributed by atoms with van der Waals surface area (Å²) in [7, 11) is 0. The molecule has 2 atom stereocenters. The fraction of sp³-hybridized carbons (Fsp3) is 0.471. The van der Waals surface area contributed by atoms with Crippen LogP contribution in [0.5, 0.6) is 0 Å². The standard InChI is InChI=1S/C17H19NO2S/c19-16(20)17-7-3-4-13(17)9-18(11-17)8-12-10-21-15-6-2-1-5-14(12)15/h1-2,5-6,10,13H,3-4,7-9,11H2,(H,19,20)/t13-,17+/m0/s1. The van der Waals surface area contributed by atoms with Crippen LogP contribution in [0.25, 0.3) is 10.1 Å². The molecule has 0 radical (unpaired) electrons. The Morgan fingerprint density at radius 2 is 2.29 bits per heavy atom. The van der Waals surface area contributed by atoms with E-state index in [0.29, 0.717) is 5.92 Å². The average molecular weight is 301 g/mol. The van der Waals surface area contributed by atoms with Crippen molar-refractivity contribution in [2.75, 3.05) is 13.1 Å². The molecule has 1 N–H and O–H groups in total. The number of fused-ring (bicyclic) bond motifs is 2. The Morgan fingerprint density at radius 1 is 1.43 bits per heavy atom. The lowest BCUT2D eigenvalue weighted by molar-refractivity contribution is -0.149. The second-order valence-corrected chi connectivity index (χ2v) is 7.39. The molecule has 0 amide bonds. The van der Waals surface area contributed by atoms with Crippen molar-refractivity contribution in [3.05, 3.63) is 35.2 Å². The van der Waals surface area contributed by atoms with Crippen LogP contribution >= 0.6 is 11.3 Å². The van der Waals surface area contributed by atoms with Crippen LogP contribution < -0.4 is 0 Å². The molecule has 1 saturated heterocycles. The van der Waals surface area contributed by atoms with Crippen LogP contribution in [-0.4, -0.2) is 29.1 Å². The van der Waals surface area contributed by atoms with Crippen molar-refractivity contribution in [3.8, 4) is 0 Å². The zero-order chi connectivity index (χ0) is 14.4. The van der Waals surface area contributed by atoms with E-state index < -0.39 is 11.4 Å². The summed E-state index contributed by atoms with van der Waals surface area (Å²) in [5, 5.41) is 13.2. The van der Waals surface area contributed by atoms with E-state index in [1.54, 1.807) is 11.3 Å². The second-order valence-electron chi connectivity index (χ2n) is 6.48. The number of thiophene rings is 1. The molecule has 1 aliphatic heterocycles. The van der Waals surface area contributed by atoms with Gasteiger partial charge in [0.15, 0.2) is 0 Å². The van der Waals surface area contributed by atoms with Gasteiger partial charge < -0.3 is 5.11 Å². The van der Waals surface area contributed by atoms with E-state index in [1.165, 1.54) is 15.6 Å². The second kappa shape index (κ2) is 4.82. The van der Waals surface area contributed by atoms with Crippen LogP contribution in [0.3, 0.4) is 0 Å². The first-order valence-electron chi connectivity index (χ1n) is 7.60. The molecule has 110 valence electrons. The van der Waals surface area contributed by atoms with Gasteiger partial charge in [-0.1, -0.05) is 24.6 Å². The first-order chi connectivity index (χ1) is 10.2. The Balaban J connectivity index is 1.58. The smallest absolute Gasteiger partial charge is 0.311 e. The number of benzene rings is 1. The lowest BCUT2D eigenvalue weighted by Gasteiger charge is -2.23. The minimum Gasteiger partial charge on any atom is -0.481 e. The van der Waals surface area contributed by atoms with E-state index in [2.05, 4.69) is 34.5 Å². The molecule has 0 unspecified atom stereocenters. The van der Waals surface area contributed by atoms with Gasteiger partial charge in [-0.25, -0.2) is 0 Å². The van der Waals surface area contributed by atoms with Gasteiger partial charge in [0.2, 0.25) is 0 Å². The molecule has 3 nitrogen and oxygen atoms in total. The van der Waals surface area contributed by atoms with Crippen molar-refractivity contribution >= 4 is 27.4 Å². The van der Waals surface area contributed by atoms with E-state index in [0.717, 1.165) is 38.9 Å². The van der Waals surface area contributed by atoms with Crippen molar-refractivity contribution in [1.82, 2.24) is 4.90 Å². The van der Waals surface area contributed by atoms with Crippen LogP contribution in [0.2, 0.25) is 0 Å². The Hall–Kier alpha value is -1.39. The van der Waals surface area contributed by atoms with Gasteiger partial charge in [0.25, 0.3) is 0 Å². The molecule has 2 fully saturated rings. The summed E-state index contributed by atoms with van der Waals surface area (Å²) in [6.45, 7) is 2.54. The molecule has 1 aromatic heterocycles. The number of rotatable bonds is 3. The molecular formula is C17H19NO2S. The topological polar surface area (TPSA) is 40.5 Å². The summed E-state index contributed by atoms with van der Waals surface area (Å²) in [6.07, 6.45) is 3.01. The lowest BCUT2D eigenvalue weighted by Crippen LogP contribution is -2.35. The molecule has 2 aromatic rings. The zero-order valence-corrected chi connectivity index (χ0v) is 12.7. The molecule has 0 spiro atoms. The molecule has 0 bridgehead atoms. The predicted octanol–water partition coefficient (Wildman–Crippen LogP) is 3.59. The van der Waals surface area contributed by atoms with Gasteiger partial charge in [0.05, 0.1) is 5.41 Å². The fourth-order valence-electron chi connectivity index (χ4n) is 4.26. The number of aliphatic carboxylic acids is 1. The molecule has 21 heavy (non-hydrogen) atoms. The number of carboxylic acid groups (broad SMARTS) is 1. The highest BCUT2D eigenvalue weighted by Crippen LogP contribution is 2.49. The maximum atomic E-state index is 11.7. The molecule has 1 aromatic carbocycles. The molecule has 4 heteroatoms. The summed E-state index contributed by atoms with van der Waals surface area (Å²) in [4.78, 5) is 14.1. The normalized spacial score (nSPS) is 29.0. The van der Waals surface area contributed by atoms with E-state index in [1.807, 2.05) is 0 Å². The van der Waals surface area contributed by atoms with Crippen LogP contribution in [0.1, 0.15) is 24.8 Å². The highest BCUT2D eigenvalue weighted by atomic mass is 32.1. The van der Waals surface area contributed by atoms with E-state index in [9.17, 15) is 9.90 Å². The summed E-state index contributed by atoms with van der Waals surface area (Å²) >= 11 is 1.78. The number of likely N-dealkylation sites (tertiary alicyclic amines) is 1. The third kappa shape index (κ3) is 2.00. The van der Waals surface area contributed by atoms with E-state index in [-0.39, 0.29) is 0 Å². The third-order valence-corrected chi connectivity index (χ3v) is 6.33. The molecule has 1 saturated carbocycles. The lowest BCUT2D eigenvalue weighted by atomic mass is 9.81. The molecule has 1 aliphatic carbocycles. The SMILES string of the molecule is O=C(O)[C@@]12CCC[C@H]1CN(Cc1csc3ccccc13)C2. The van der Waals surface area contributed by atoms with Crippen LogP contribution in [-0.2, 0) is 11.3 Å². The molecular weight excluding hydrogens is 282 g/mol.